The fourth-order valence-corrected chi connectivity index (χ4v) is 2.51. The molecule has 148 valence electrons. The zero-order valence-corrected chi connectivity index (χ0v) is 16.6. The van der Waals surface area contributed by atoms with Crippen molar-refractivity contribution in [2.75, 3.05) is 0 Å². The van der Waals surface area contributed by atoms with Gasteiger partial charge in [-0.2, -0.15) is 4.98 Å². The molecule has 28 heavy (non-hydrogen) atoms. The van der Waals surface area contributed by atoms with Crippen LogP contribution in [-0.2, 0) is 13.1 Å². The lowest BCUT2D eigenvalue weighted by molar-refractivity contribution is 0.238. The first-order chi connectivity index (χ1) is 13.0. The van der Waals surface area contributed by atoms with Crippen molar-refractivity contribution in [3.8, 4) is 22.8 Å². The lowest BCUT2D eigenvalue weighted by Crippen LogP contribution is -2.39. The van der Waals surface area contributed by atoms with Gasteiger partial charge in [-0.25, -0.2) is 4.79 Å². The number of nitrogens with one attached hydrogen (secondary N) is 2. The maximum Gasteiger partial charge on any atom is 0.315 e. The molecule has 0 saturated heterocycles. The molecule has 0 aliphatic heterocycles. The van der Waals surface area contributed by atoms with E-state index in [0.717, 1.165) is 22.3 Å². The van der Waals surface area contributed by atoms with Gasteiger partial charge in [-0.05, 0) is 37.1 Å². The molecule has 0 bridgehead atoms. The summed E-state index contributed by atoms with van der Waals surface area (Å²) in [6.45, 7) is 4.78. The van der Waals surface area contributed by atoms with E-state index in [1.54, 1.807) is 0 Å². The van der Waals surface area contributed by atoms with Crippen molar-refractivity contribution in [3.05, 3.63) is 59.7 Å². The molecule has 8 heteroatoms. The number of nitrogens with two attached hydrogens (primary N) is 1. The molecule has 0 spiro atoms. The molecule has 0 fully saturated rings. The number of aromatic nitrogens is 2. The topological polar surface area (TPSA) is 106 Å². The fraction of sp³-hybridized carbons (Fsp3) is 0.250. The third-order valence-electron chi connectivity index (χ3n) is 3.95. The Morgan fingerprint density at radius 2 is 1.64 bits per heavy atom. The van der Waals surface area contributed by atoms with Crippen LogP contribution in [0.5, 0.6) is 0 Å². The summed E-state index contributed by atoms with van der Waals surface area (Å²) in [5, 5.41) is 9.64. The van der Waals surface area contributed by atoms with Gasteiger partial charge in [0, 0.05) is 30.3 Å². The Labute approximate surface area is 170 Å². The number of urea groups is 1. The number of benzene rings is 2. The lowest BCUT2D eigenvalue weighted by atomic mass is 10.1. The van der Waals surface area contributed by atoms with Crippen LogP contribution < -0.4 is 16.4 Å². The van der Waals surface area contributed by atoms with Crippen molar-refractivity contribution in [2.45, 2.75) is 33.0 Å². The van der Waals surface area contributed by atoms with Crippen LogP contribution in [0.4, 0.5) is 4.79 Å². The first kappa shape index (κ1) is 21.4. The van der Waals surface area contributed by atoms with Gasteiger partial charge >= 0.3 is 6.03 Å². The predicted molar refractivity (Wildman–Crippen MR) is 111 cm³/mol. The SMILES string of the molecule is CC(C)NC(=O)NCc1ccc(-c2nc(-c3ccc(CN)cc3)no2)cc1.Cl. The summed E-state index contributed by atoms with van der Waals surface area (Å²) in [6.07, 6.45) is 0. The third kappa shape index (κ3) is 5.55. The van der Waals surface area contributed by atoms with Gasteiger partial charge in [-0.15, -0.1) is 12.4 Å². The number of hydrogen-bond acceptors (Lipinski definition) is 5. The lowest BCUT2D eigenvalue weighted by Gasteiger charge is -2.10. The molecule has 0 aliphatic rings. The Hall–Kier alpha value is -2.90. The fourth-order valence-electron chi connectivity index (χ4n) is 2.51. The molecule has 0 unspecified atom stereocenters. The monoisotopic (exact) mass is 401 g/mol. The number of hydrogen-bond donors (Lipinski definition) is 3. The quantitative estimate of drug-likeness (QED) is 0.586. The zero-order chi connectivity index (χ0) is 19.2. The van der Waals surface area contributed by atoms with Crippen molar-refractivity contribution >= 4 is 18.4 Å². The van der Waals surface area contributed by atoms with Crippen LogP contribution in [0.3, 0.4) is 0 Å². The van der Waals surface area contributed by atoms with Crippen molar-refractivity contribution in [3.63, 3.8) is 0 Å². The molecular weight excluding hydrogens is 378 g/mol. The number of amides is 2. The van der Waals surface area contributed by atoms with Crippen molar-refractivity contribution in [1.29, 1.82) is 0 Å². The van der Waals surface area contributed by atoms with Crippen molar-refractivity contribution in [1.82, 2.24) is 20.8 Å². The number of rotatable bonds is 6. The van der Waals surface area contributed by atoms with Gasteiger partial charge in [0.15, 0.2) is 0 Å². The second kappa shape index (κ2) is 9.87. The Balaban J connectivity index is 0.00000280. The second-order valence-corrected chi connectivity index (χ2v) is 6.50. The van der Waals surface area contributed by atoms with Crippen LogP contribution >= 0.6 is 12.4 Å². The first-order valence-electron chi connectivity index (χ1n) is 8.82. The van der Waals surface area contributed by atoms with E-state index in [2.05, 4.69) is 20.8 Å². The molecule has 3 rings (SSSR count). The minimum atomic E-state index is -0.184. The van der Waals surface area contributed by atoms with E-state index in [4.69, 9.17) is 10.3 Å². The minimum absolute atomic E-state index is 0. The van der Waals surface area contributed by atoms with E-state index in [1.165, 1.54) is 0 Å². The van der Waals surface area contributed by atoms with E-state index in [9.17, 15) is 4.79 Å². The molecule has 0 atom stereocenters. The highest BCUT2D eigenvalue weighted by atomic mass is 35.5. The Bertz CT molecular complexity index is 892. The number of carbonyl (C=O) groups excluding carboxylic acids is 1. The van der Waals surface area contributed by atoms with Crippen LogP contribution in [0.25, 0.3) is 22.8 Å². The van der Waals surface area contributed by atoms with Gasteiger partial charge in [0.1, 0.15) is 0 Å². The Morgan fingerprint density at radius 1 is 1.04 bits per heavy atom. The minimum Gasteiger partial charge on any atom is -0.336 e. The summed E-state index contributed by atoms with van der Waals surface area (Å²) >= 11 is 0. The van der Waals surface area contributed by atoms with Crippen LogP contribution in [0.15, 0.2) is 53.1 Å². The van der Waals surface area contributed by atoms with Crippen LogP contribution in [0.2, 0.25) is 0 Å². The van der Waals surface area contributed by atoms with Gasteiger partial charge in [0.25, 0.3) is 5.89 Å². The van der Waals surface area contributed by atoms with Gasteiger partial charge in [0.2, 0.25) is 5.82 Å². The summed E-state index contributed by atoms with van der Waals surface area (Å²) < 4.78 is 5.38. The molecule has 1 aromatic heterocycles. The smallest absolute Gasteiger partial charge is 0.315 e. The first-order valence-corrected chi connectivity index (χ1v) is 8.82. The summed E-state index contributed by atoms with van der Waals surface area (Å²) in [5.74, 6) is 0.981. The highest BCUT2D eigenvalue weighted by Crippen LogP contribution is 2.22. The highest BCUT2D eigenvalue weighted by molar-refractivity contribution is 5.85. The van der Waals surface area contributed by atoms with Crippen LogP contribution in [0.1, 0.15) is 25.0 Å². The van der Waals surface area contributed by atoms with E-state index >= 15 is 0 Å². The largest absolute Gasteiger partial charge is 0.336 e. The number of carbonyl (C=O) groups is 1. The van der Waals surface area contributed by atoms with E-state index < -0.39 is 0 Å². The maximum atomic E-state index is 11.6. The van der Waals surface area contributed by atoms with Gasteiger partial charge in [0.05, 0.1) is 0 Å². The second-order valence-electron chi connectivity index (χ2n) is 6.50. The molecule has 3 aromatic rings. The molecule has 4 N–H and O–H groups in total. The highest BCUT2D eigenvalue weighted by Gasteiger charge is 2.11. The summed E-state index contributed by atoms with van der Waals surface area (Å²) in [5.41, 5.74) is 9.34. The normalized spacial score (nSPS) is 10.4. The summed E-state index contributed by atoms with van der Waals surface area (Å²) in [4.78, 5) is 16.1. The molecule has 0 aliphatic carbocycles. The Kier molecular flexibility index (Phi) is 7.54. The van der Waals surface area contributed by atoms with Crippen LogP contribution in [-0.4, -0.2) is 22.2 Å². The van der Waals surface area contributed by atoms with Crippen molar-refractivity contribution < 1.29 is 9.32 Å². The predicted octanol–water partition coefficient (Wildman–Crippen LogP) is 3.49. The molecule has 0 radical (unpaired) electrons. The third-order valence-corrected chi connectivity index (χ3v) is 3.95. The standard InChI is InChI=1S/C20H23N5O2.ClH/c1-13(2)23-20(26)22-12-15-5-9-17(10-6-15)19-24-18(25-27-19)16-7-3-14(11-21)4-8-16;/h3-10,13H,11-12,21H2,1-2H3,(H2,22,23,26);1H. The molecular formula is C20H24ClN5O2. The van der Waals surface area contributed by atoms with E-state index in [-0.39, 0.29) is 24.5 Å². The Morgan fingerprint density at radius 3 is 2.25 bits per heavy atom. The van der Waals surface area contributed by atoms with Crippen molar-refractivity contribution in [2.24, 2.45) is 5.73 Å². The van der Waals surface area contributed by atoms with Crippen LogP contribution in [0, 0.1) is 0 Å². The van der Waals surface area contributed by atoms with E-state index in [1.807, 2.05) is 62.4 Å². The van der Waals surface area contributed by atoms with Gasteiger partial charge in [-0.1, -0.05) is 41.6 Å². The molecule has 0 saturated carbocycles. The molecule has 2 aromatic carbocycles. The number of nitrogens with zero attached hydrogens (tertiary/aromatic N) is 2. The van der Waals surface area contributed by atoms with Gasteiger partial charge < -0.3 is 20.9 Å². The molecule has 7 nitrogen and oxygen atoms in total. The summed E-state index contributed by atoms with van der Waals surface area (Å²) in [7, 11) is 0. The molecule has 2 amide bonds. The number of halogens is 1. The summed E-state index contributed by atoms with van der Waals surface area (Å²) in [6, 6.07) is 15.3. The average molecular weight is 402 g/mol. The zero-order valence-electron chi connectivity index (χ0n) is 15.8. The maximum absolute atomic E-state index is 11.6. The average Bonchev–Trinajstić information content (AvgIpc) is 3.16. The van der Waals surface area contributed by atoms with E-state index in [0.29, 0.717) is 24.8 Å². The molecule has 1 heterocycles. The van der Waals surface area contributed by atoms with Gasteiger partial charge in [-0.3, -0.25) is 0 Å².